The van der Waals surface area contributed by atoms with Crippen LogP contribution in [-0.4, -0.2) is 15.7 Å². The predicted octanol–water partition coefficient (Wildman–Crippen LogP) is 3.48. The van der Waals surface area contributed by atoms with Crippen LogP contribution in [-0.2, 0) is 5.88 Å². The van der Waals surface area contributed by atoms with E-state index in [9.17, 15) is 0 Å². The first-order chi connectivity index (χ1) is 7.29. The SMILES string of the molecule is Cc1cc(CCl)nc(C2CCCCS2)n1. The molecule has 1 aliphatic heterocycles. The number of alkyl halides is 1. The molecule has 0 bridgehead atoms. The predicted molar refractivity (Wildman–Crippen MR) is 65.4 cm³/mol. The van der Waals surface area contributed by atoms with Gasteiger partial charge >= 0.3 is 0 Å². The second-order valence-corrected chi connectivity index (χ2v) is 5.43. The fourth-order valence-corrected chi connectivity index (χ4v) is 3.20. The van der Waals surface area contributed by atoms with Crippen molar-refractivity contribution in [2.24, 2.45) is 0 Å². The highest BCUT2D eigenvalue weighted by Crippen LogP contribution is 2.36. The van der Waals surface area contributed by atoms with Gasteiger partial charge in [-0.2, -0.15) is 11.8 Å². The van der Waals surface area contributed by atoms with Gasteiger partial charge in [0.2, 0.25) is 0 Å². The monoisotopic (exact) mass is 242 g/mol. The molecular formula is C11H15ClN2S. The first-order valence-electron chi connectivity index (χ1n) is 5.31. The summed E-state index contributed by atoms with van der Waals surface area (Å²) < 4.78 is 0. The molecule has 0 radical (unpaired) electrons. The van der Waals surface area contributed by atoms with Crippen molar-refractivity contribution >= 4 is 23.4 Å². The smallest absolute Gasteiger partial charge is 0.141 e. The number of hydrogen-bond donors (Lipinski definition) is 0. The van der Waals surface area contributed by atoms with Crippen LogP contribution in [0, 0.1) is 6.92 Å². The summed E-state index contributed by atoms with van der Waals surface area (Å²) in [6.45, 7) is 2.01. The Bertz CT molecular complexity index is 337. The Kier molecular flexibility index (Phi) is 3.87. The Balaban J connectivity index is 2.22. The van der Waals surface area contributed by atoms with Crippen LogP contribution in [0.2, 0.25) is 0 Å². The zero-order chi connectivity index (χ0) is 10.7. The third-order valence-electron chi connectivity index (χ3n) is 2.53. The molecule has 1 fully saturated rings. The molecule has 1 saturated heterocycles. The Morgan fingerprint density at radius 2 is 2.33 bits per heavy atom. The molecule has 0 aromatic carbocycles. The average Bonchev–Trinajstić information content (AvgIpc) is 2.29. The fraction of sp³-hybridized carbons (Fsp3) is 0.636. The Morgan fingerprint density at radius 3 is 3.00 bits per heavy atom. The van der Waals surface area contributed by atoms with Gasteiger partial charge in [0.05, 0.1) is 16.8 Å². The van der Waals surface area contributed by atoms with E-state index in [0.717, 1.165) is 17.2 Å². The molecule has 15 heavy (non-hydrogen) atoms. The third-order valence-corrected chi connectivity index (χ3v) is 4.18. The number of nitrogens with zero attached hydrogens (tertiary/aromatic N) is 2. The maximum atomic E-state index is 5.81. The van der Waals surface area contributed by atoms with Gasteiger partial charge in [-0.05, 0) is 31.6 Å². The molecule has 1 aromatic rings. The maximum absolute atomic E-state index is 5.81. The third kappa shape index (κ3) is 2.85. The lowest BCUT2D eigenvalue weighted by molar-refractivity contribution is 0.658. The van der Waals surface area contributed by atoms with Crippen LogP contribution in [0.3, 0.4) is 0 Å². The van der Waals surface area contributed by atoms with E-state index >= 15 is 0 Å². The molecule has 1 aliphatic rings. The molecule has 1 unspecified atom stereocenters. The highest BCUT2D eigenvalue weighted by atomic mass is 35.5. The van der Waals surface area contributed by atoms with Gasteiger partial charge in [-0.15, -0.1) is 11.6 Å². The van der Waals surface area contributed by atoms with E-state index in [4.69, 9.17) is 11.6 Å². The molecule has 0 saturated carbocycles. The summed E-state index contributed by atoms with van der Waals surface area (Å²) in [6, 6.07) is 1.96. The first kappa shape index (κ1) is 11.2. The minimum Gasteiger partial charge on any atom is -0.237 e. The van der Waals surface area contributed by atoms with E-state index < -0.39 is 0 Å². The largest absolute Gasteiger partial charge is 0.237 e. The number of aromatic nitrogens is 2. The van der Waals surface area contributed by atoms with Gasteiger partial charge in [0.25, 0.3) is 0 Å². The summed E-state index contributed by atoms with van der Waals surface area (Å²) in [5.74, 6) is 2.70. The molecule has 1 aromatic heterocycles. The van der Waals surface area contributed by atoms with Gasteiger partial charge in [-0.25, -0.2) is 9.97 Å². The Labute approximate surface area is 99.8 Å². The molecule has 2 heterocycles. The van der Waals surface area contributed by atoms with Crippen molar-refractivity contribution in [1.29, 1.82) is 0 Å². The van der Waals surface area contributed by atoms with Crippen LogP contribution in [0.15, 0.2) is 6.07 Å². The van der Waals surface area contributed by atoms with Crippen LogP contribution in [0.5, 0.6) is 0 Å². The van der Waals surface area contributed by atoms with Crippen molar-refractivity contribution in [3.05, 3.63) is 23.3 Å². The number of aryl methyl sites for hydroxylation is 1. The van der Waals surface area contributed by atoms with E-state index in [1.807, 2.05) is 24.8 Å². The molecule has 2 nitrogen and oxygen atoms in total. The van der Waals surface area contributed by atoms with Crippen molar-refractivity contribution < 1.29 is 0 Å². The number of halogens is 1. The molecule has 1 atom stereocenters. The normalized spacial score (nSPS) is 21.6. The summed E-state index contributed by atoms with van der Waals surface area (Å²) in [5, 5.41) is 0.487. The molecule has 0 aliphatic carbocycles. The van der Waals surface area contributed by atoms with Gasteiger partial charge < -0.3 is 0 Å². The van der Waals surface area contributed by atoms with E-state index in [2.05, 4.69) is 9.97 Å². The Hall–Kier alpha value is -0.280. The molecule has 0 amide bonds. The molecule has 2 rings (SSSR count). The fourth-order valence-electron chi connectivity index (χ4n) is 1.82. The van der Waals surface area contributed by atoms with E-state index in [0.29, 0.717) is 11.1 Å². The molecular weight excluding hydrogens is 228 g/mol. The lowest BCUT2D eigenvalue weighted by Gasteiger charge is -2.20. The van der Waals surface area contributed by atoms with Gasteiger partial charge in [-0.1, -0.05) is 6.42 Å². The van der Waals surface area contributed by atoms with Crippen molar-refractivity contribution in [1.82, 2.24) is 9.97 Å². The Morgan fingerprint density at radius 1 is 1.47 bits per heavy atom. The zero-order valence-electron chi connectivity index (χ0n) is 8.87. The minimum absolute atomic E-state index is 0.480. The van der Waals surface area contributed by atoms with Crippen LogP contribution < -0.4 is 0 Å². The topological polar surface area (TPSA) is 25.8 Å². The van der Waals surface area contributed by atoms with E-state index in [-0.39, 0.29) is 0 Å². The number of hydrogen-bond acceptors (Lipinski definition) is 3. The van der Waals surface area contributed by atoms with Crippen molar-refractivity contribution in [2.45, 2.75) is 37.3 Å². The highest BCUT2D eigenvalue weighted by molar-refractivity contribution is 7.99. The van der Waals surface area contributed by atoms with E-state index in [1.165, 1.54) is 25.0 Å². The zero-order valence-corrected chi connectivity index (χ0v) is 10.4. The maximum Gasteiger partial charge on any atom is 0.141 e. The minimum atomic E-state index is 0.480. The van der Waals surface area contributed by atoms with Crippen LogP contribution in [0.25, 0.3) is 0 Å². The van der Waals surface area contributed by atoms with Crippen molar-refractivity contribution in [2.75, 3.05) is 5.75 Å². The average molecular weight is 243 g/mol. The van der Waals surface area contributed by atoms with Crippen LogP contribution >= 0.6 is 23.4 Å². The van der Waals surface area contributed by atoms with Crippen molar-refractivity contribution in [3.8, 4) is 0 Å². The number of thioether (sulfide) groups is 1. The van der Waals surface area contributed by atoms with Gasteiger partial charge in [-0.3, -0.25) is 0 Å². The first-order valence-corrected chi connectivity index (χ1v) is 6.90. The van der Waals surface area contributed by atoms with E-state index in [1.54, 1.807) is 0 Å². The van der Waals surface area contributed by atoms with Crippen LogP contribution in [0.4, 0.5) is 0 Å². The van der Waals surface area contributed by atoms with Crippen LogP contribution in [0.1, 0.15) is 41.7 Å². The molecule has 0 N–H and O–H groups in total. The summed E-state index contributed by atoms with van der Waals surface area (Å²) in [4.78, 5) is 9.03. The summed E-state index contributed by atoms with van der Waals surface area (Å²) >= 11 is 7.79. The van der Waals surface area contributed by atoms with Crippen molar-refractivity contribution in [3.63, 3.8) is 0 Å². The summed E-state index contributed by atoms with van der Waals surface area (Å²) in [6.07, 6.45) is 3.83. The summed E-state index contributed by atoms with van der Waals surface area (Å²) in [5.41, 5.74) is 1.98. The van der Waals surface area contributed by atoms with Gasteiger partial charge in [0.15, 0.2) is 0 Å². The highest BCUT2D eigenvalue weighted by Gasteiger charge is 2.19. The van der Waals surface area contributed by atoms with Gasteiger partial charge in [0, 0.05) is 5.69 Å². The quantitative estimate of drug-likeness (QED) is 0.743. The molecule has 82 valence electrons. The summed E-state index contributed by atoms with van der Waals surface area (Å²) in [7, 11) is 0. The second kappa shape index (κ2) is 5.17. The lowest BCUT2D eigenvalue weighted by Crippen LogP contribution is -2.08. The standard InChI is InChI=1S/C11H15ClN2S/c1-8-6-9(7-12)14-11(13-8)10-4-2-3-5-15-10/h6,10H,2-5,7H2,1H3. The van der Waals surface area contributed by atoms with Gasteiger partial charge in [0.1, 0.15) is 5.82 Å². The lowest BCUT2D eigenvalue weighted by atomic mass is 10.2. The molecule has 0 spiro atoms. The molecule has 4 heteroatoms. The second-order valence-electron chi connectivity index (χ2n) is 3.85. The number of rotatable bonds is 2.